The molecule has 0 radical (unpaired) electrons. The van der Waals surface area contributed by atoms with Crippen molar-refractivity contribution >= 4 is 8.32 Å². The first-order chi connectivity index (χ1) is 8.12. The van der Waals surface area contributed by atoms with Gasteiger partial charge in [-0.05, 0) is 32.1 Å². The Morgan fingerprint density at radius 1 is 0.941 bits per heavy atom. The molecular weight excluding hydrogens is 228 g/mol. The topological polar surface area (TPSA) is 47.3 Å². The maximum absolute atomic E-state index is 5.54. The fourth-order valence-electron chi connectivity index (χ4n) is 1.84. The third-order valence-corrected chi connectivity index (χ3v) is 5.92. The predicted octanol–water partition coefficient (Wildman–Crippen LogP) is 2.73. The smallest absolute Gasteiger partial charge is 0.186 e. The van der Waals surface area contributed by atoms with Gasteiger partial charge in [0.05, 0.1) is 0 Å². The molecule has 3 nitrogen and oxygen atoms in total. The lowest BCUT2D eigenvalue weighted by molar-refractivity contribution is 0.400. The van der Waals surface area contributed by atoms with E-state index in [-0.39, 0.29) is 0 Å². The van der Waals surface area contributed by atoms with E-state index in [0.717, 1.165) is 19.6 Å². The van der Waals surface area contributed by atoms with Crippen LogP contribution in [0.2, 0.25) is 19.1 Å². The van der Waals surface area contributed by atoms with Crippen molar-refractivity contribution < 1.29 is 4.43 Å². The summed E-state index contributed by atoms with van der Waals surface area (Å²) in [5.74, 6) is 0. The van der Waals surface area contributed by atoms with E-state index >= 15 is 0 Å². The number of rotatable bonds is 12. The maximum Gasteiger partial charge on any atom is 0.186 e. The molecule has 104 valence electrons. The maximum atomic E-state index is 5.54. The Morgan fingerprint density at radius 2 is 1.53 bits per heavy atom. The summed E-state index contributed by atoms with van der Waals surface area (Å²) in [4.78, 5) is 0. The lowest BCUT2D eigenvalue weighted by Crippen LogP contribution is -2.27. The normalized spacial score (nSPS) is 12.0. The van der Waals surface area contributed by atoms with Gasteiger partial charge in [-0.3, -0.25) is 0 Å². The summed E-state index contributed by atoms with van der Waals surface area (Å²) in [7, 11) is 0.572. The van der Waals surface area contributed by atoms with Gasteiger partial charge in [0.1, 0.15) is 0 Å². The first-order valence-electron chi connectivity index (χ1n) is 7.08. The third-order valence-electron chi connectivity index (χ3n) is 3.26. The van der Waals surface area contributed by atoms with Gasteiger partial charge in [-0.1, -0.05) is 32.1 Å². The molecule has 4 heteroatoms. The van der Waals surface area contributed by atoms with Crippen molar-refractivity contribution in [2.75, 3.05) is 26.7 Å². The van der Waals surface area contributed by atoms with E-state index in [0.29, 0.717) is 0 Å². The van der Waals surface area contributed by atoms with Crippen molar-refractivity contribution in [1.29, 1.82) is 0 Å². The van der Waals surface area contributed by atoms with E-state index in [4.69, 9.17) is 10.2 Å². The molecule has 17 heavy (non-hydrogen) atoms. The summed E-state index contributed by atoms with van der Waals surface area (Å²) in [5.41, 5.74) is 5.40. The molecule has 0 rings (SSSR count). The van der Waals surface area contributed by atoms with Crippen LogP contribution >= 0.6 is 0 Å². The monoisotopic (exact) mass is 260 g/mol. The average molecular weight is 260 g/mol. The van der Waals surface area contributed by atoms with Crippen LogP contribution in [-0.2, 0) is 4.43 Å². The predicted molar refractivity (Wildman–Crippen MR) is 78.9 cm³/mol. The fraction of sp³-hybridized carbons (Fsp3) is 1.00. The van der Waals surface area contributed by atoms with Gasteiger partial charge < -0.3 is 15.5 Å². The minimum atomic E-state index is -1.29. The van der Waals surface area contributed by atoms with Crippen LogP contribution in [0.15, 0.2) is 0 Å². The zero-order valence-corrected chi connectivity index (χ0v) is 13.1. The second-order valence-corrected chi connectivity index (χ2v) is 9.80. The van der Waals surface area contributed by atoms with E-state index in [1.807, 2.05) is 7.11 Å². The Hall–Kier alpha value is 0.0969. The van der Waals surface area contributed by atoms with Gasteiger partial charge in [-0.25, -0.2) is 0 Å². The number of hydrogen-bond acceptors (Lipinski definition) is 3. The fourth-order valence-corrected chi connectivity index (χ4v) is 3.14. The van der Waals surface area contributed by atoms with Crippen LogP contribution in [0, 0.1) is 0 Å². The number of unbranched alkanes of at least 4 members (excludes halogenated alkanes) is 5. The van der Waals surface area contributed by atoms with E-state index in [2.05, 4.69) is 18.4 Å². The minimum Gasteiger partial charge on any atom is -0.420 e. The highest BCUT2D eigenvalue weighted by molar-refractivity contribution is 6.71. The molecule has 0 heterocycles. The summed E-state index contributed by atoms with van der Waals surface area (Å²) in [5, 5.41) is 3.33. The minimum absolute atomic E-state index is 0.749. The highest BCUT2D eigenvalue weighted by atomic mass is 28.4. The molecule has 0 saturated heterocycles. The summed E-state index contributed by atoms with van der Waals surface area (Å²) >= 11 is 0. The summed E-state index contributed by atoms with van der Waals surface area (Å²) in [6, 6.07) is 1.31. The Morgan fingerprint density at radius 3 is 2.12 bits per heavy atom. The van der Waals surface area contributed by atoms with Gasteiger partial charge in [0, 0.05) is 20.2 Å². The Bertz CT molecular complexity index is 165. The zero-order valence-electron chi connectivity index (χ0n) is 12.1. The molecule has 0 amide bonds. The molecule has 0 aliphatic heterocycles. The molecule has 0 fully saturated rings. The largest absolute Gasteiger partial charge is 0.420 e. The van der Waals surface area contributed by atoms with Crippen molar-refractivity contribution in [1.82, 2.24) is 5.32 Å². The number of nitrogens with one attached hydrogen (secondary N) is 1. The van der Waals surface area contributed by atoms with Crippen LogP contribution in [0.5, 0.6) is 0 Å². The summed E-state index contributed by atoms with van der Waals surface area (Å²) in [6.45, 7) is 7.43. The van der Waals surface area contributed by atoms with Crippen molar-refractivity contribution in [3.63, 3.8) is 0 Å². The summed E-state index contributed by atoms with van der Waals surface area (Å²) in [6.07, 6.45) is 8.11. The first-order valence-corrected chi connectivity index (χ1v) is 10.2. The Balaban J connectivity index is 3.09. The molecular formula is C13H32N2OSi. The molecule has 0 aliphatic rings. The molecule has 0 saturated carbocycles. The summed E-state index contributed by atoms with van der Waals surface area (Å²) < 4.78 is 5.54. The van der Waals surface area contributed by atoms with Crippen LogP contribution in [-0.4, -0.2) is 35.1 Å². The van der Waals surface area contributed by atoms with Crippen LogP contribution in [0.3, 0.4) is 0 Å². The van der Waals surface area contributed by atoms with Crippen molar-refractivity contribution in [2.24, 2.45) is 5.73 Å². The van der Waals surface area contributed by atoms with E-state index < -0.39 is 8.32 Å². The zero-order chi connectivity index (χ0) is 13.0. The standard InChI is InChI=1S/C13H32N2OSi/c1-16-17(2,3)13-9-7-5-4-6-8-11-15-12-10-14/h15H,4-14H2,1-3H3. The number of nitrogens with two attached hydrogens (primary N) is 1. The van der Waals surface area contributed by atoms with Crippen molar-refractivity contribution in [2.45, 2.75) is 57.7 Å². The van der Waals surface area contributed by atoms with E-state index in [1.165, 1.54) is 44.6 Å². The van der Waals surface area contributed by atoms with Gasteiger partial charge in [0.2, 0.25) is 0 Å². The van der Waals surface area contributed by atoms with Gasteiger partial charge in [0.25, 0.3) is 0 Å². The second kappa shape index (κ2) is 11.2. The van der Waals surface area contributed by atoms with Crippen LogP contribution in [0.1, 0.15) is 38.5 Å². The van der Waals surface area contributed by atoms with E-state index in [9.17, 15) is 0 Å². The second-order valence-electron chi connectivity index (χ2n) is 5.37. The third kappa shape index (κ3) is 12.3. The lowest BCUT2D eigenvalue weighted by atomic mass is 10.1. The Kier molecular flexibility index (Phi) is 11.3. The van der Waals surface area contributed by atoms with Crippen molar-refractivity contribution in [3.05, 3.63) is 0 Å². The molecule has 0 aromatic carbocycles. The SMILES string of the molecule is CO[Si](C)(C)CCCCCCCCNCCN. The molecule has 0 bridgehead atoms. The molecule has 0 aromatic rings. The molecule has 0 unspecified atom stereocenters. The van der Waals surface area contributed by atoms with E-state index in [1.54, 1.807) is 0 Å². The van der Waals surface area contributed by atoms with Crippen LogP contribution in [0.25, 0.3) is 0 Å². The van der Waals surface area contributed by atoms with Gasteiger partial charge in [-0.15, -0.1) is 0 Å². The number of hydrogen-bond donors (Lipinski definition) is 2. The highest BCUT2D eigenvalue weighted by Gasteiger charge is 2.18. The van der Waals surface area contributed by atoms with Crippen LogP contribution in [0.4, 0.5) is 0 Å². The molecule has 0 atom stereocenters. The first kappa shape index (κ1) is 17.1. The average Bonchev–Trinajstić information content (AvgIpc) is 2.31. The highest BCUT2D eigenvalue weighted by Crippen LogP contribution is 2.16. The molecule has 3 N–H and O–H groups in total. The molecule has 0 aromatic heterocycles. The quantitative estimate of drug-likeness (QED) is 0.419. The lowest BCUT2D eigenvalue weighted by Gasteiger charge is -2.19. The van der Waals surface area contributed by atoms with Gasteiger partial charge in [0.15, 0.2) is 8.32 Å². The Labute approximate surface area is 109 Å². The van der Waals surface area contributed by atoms with Crippen molar-refractivity contribution in [3.8, 4) is 0 Å². The molecule has 0 spiro atoms. The van der Waals surface area contributed by atoms with Gasteiger partial charge in [-0.2, -0.15) is 0 Å². The van der Waals surface area contributed by atoms with Crippen LogP contribution < -0.4 is 11.1 Å². The molecule has 0 aliphatic carbocycles. The van der Waals surface area contributed by atoms with Gasteiger partial charge >= 0.3 is 0 Å².